The lowest BCUT2D eigenvalue weighted by molar-refractivity contribution is -0.385. The normalized spacial score (nSPS) is 10.5. The van der Waals surface area contributed by atoms with Crippen LogP contribution in [0.1, 0.15) is 11.1 Å². The van der Waals surface area contributed by atoms with Gasteiger partial charge in [-0.2, -0.15) is 0 Å². The molecule has 0 atom stereocenters. The molecule has 0 saturated carbocycles. The number of nitro groups is 1. The number of nitrogens with one attached hydrogen (secondary N) is 1. The van der Waals surface area contributed by atoms with E-state index in [0.717, 1.165) is 5.56 Å². The van der Waals surface area contributed by atoms with E-state index in [9.17, 15) is 10.1 Å². The zero-order valence-corrected chi connectivity index (χ0v) is 12.0. The van der Waals surface area contributed by atoms with Crippen molar-refractivity contribution in [2.24, 2.45) is 0 Å². The topological polar surface area (TPSA) is 55.2 Å². The van der Waals surface area contributed by atoms with Gasteiger partial charge in [0.1, 0.15) is 0 Å². The maximum atomic E-state index is 11.0. The van der Waals surface area contributed by atoms with Crippen LogP contribution in [0.3, 0.4) is 0 Å². The van der Waals surface area contributed by atoms with Crippen molar-refractivity contribution in [3.63, 3.8) is 0 Å². The van der Waals surface area contributed by atoms with Crippen molar-refractivity contribution in [2.75, 3.05) is 0 Å². The van der Waals surface area contributed by atoms with Gasteiger partial charge in [0.05, 0.1) is 4.92 Å². The molecule has 1 N–H and O–H groups in total. The highest BCUT2D eigenvalue weighted by molar-refractivity contribution is 6.31. The number of hydrogen-bond acceptors (Lipinski definition) is 3. The average molecular weight is 311 g/mol. The van der Waals surface area contributed by atoms with E-state index >= 15 is 0 Å². The molecule has 0 radical (unpaired) electrons. The number of benzene rings is 2. The molecule has 2 aromatic carbocycles. The molecule has 20 heavy (non-hydrogen) atoms. The van der Waals surface area contributed by atoms with E-state index < -0.39 is 4.92 Å². The highest BCUT2D eigenvalue weighted by Crippen LogP contribution is 2.23. The largest absolute Gasteiger partial charge is 0.308 e. The van der Waals surface area contributed by atoms with Crippen LogP contribution in [-0.2, 0) is 13.1 Å². The molecule has 104 valence electrons. The second kappa shape index (κ2) is 6.70. The van der Waals surface area contributed by atoms with E-state index in [1.807, 2.05) is 24.3 Å². The fraction of sp³-hybridized carbons (Fsp3) is 0.143. The molecule has 0 fully saturated rings. The summed E-state index contributed by atoms with van der Waals surface area (Å²) in [6.07, 6.45) is 0. The van der Waals surface area contributed by atoms with Gasteiger partial charge in [-0.15, -0.1) is 0 Å². The first-order valence-electron chi connectivity index (χ1n) is 5.95. The molecule has 0 spiro atoms. The van der Waals surface area contributed by atoms with Crippen LogP contribution in [0.15, 0.2) is 42.5 Å². The van der Waals surface area contributed by atoms with Crippen LogP contribution in [0.25, 0.3) is 0 Å². The van der Waals surface area contributed by atoms with Crippen molar-refractivity contribution in [2.45, 2.75) is 13.1 Å². The minimum Gasteiger partial charge on any atom is -0.308 e. The van der Waals surface area contributed by atoms with E-state index in [2.05, 4.69) is 5.32 Å². The highest BCUT2D eigenvalue weighted by atomic mass is 35.5. The summed E-state index contributed by atoms with van der Waals surface area (Å²) in [5, 5.41) is 15.1. The van der Waals surface area contributed by atoms with Gasteiger partial charge in [-0.05, 0) is 23.8 Å². The van der Waals surface area contributed by atoms with Crippen molar-refractivity contribution >= 4 is 28.9 Å². The molecule has 0 aromatic heterocycles. The third-order valence-electron chi connectivity index (χ3n) is 2.83. The van der Waals surface area contributed by atoms with Gasteiger partial charge in [0.2, 0.25) is 0 Å². The van der Waals surface area contributed by atoms with E-state index in [1.54, 1.807) is 12.1 Å². The Hall–Kier alpha value is -1.62. The molecule has 0 heterocycles. The van der Waals surface area contributed by atoms with Crippen LogP contribution < -0.4 is 5.32 Å². The van der Waals surface area contributed by atoms with Gasteiger partial charge >= 0.3 is 0 Å². The molecule has 2 rings (SSSR count). The molecule has 0 saturated heterocycles. The number of hydrogen-bond donors (Lipinski definition) is 1. The van der Waals surface area contributed by atoms with Crippen molar-refractivity contribution in [3.05, 3.63) is 73.8 Å². The predicted molar refractivity (Wildman–Crippen MR) is 80.1 cm³/mol. The average Bonchev–Trinajstić information content (AvgIpc) is 2.42. The lowest BCUT2D eigenvalue weighted by Crippen LogP contribution is -2.14. The molecule has 0 bridgehead atoms. The van der Waals surface area contributed by atoms with Crippen LogP contribution in [0.2, 0.25) is 10.0 Å². The summed E-state index contributed by atoms with van der Waals surface area (Å²) in [4.78, 5) is 10.5. The first-order chi connectivity index (χ1) is 9.58. The Morgan fingerprint density at radius 2 is 1.75 bits per heavy atom. The van der Waals surface area contributed by atoms with Crippen LogP contribution in [0, 0.1) is 10.1 Å². The quantitative estimate of drug-likeness (QED) is 0.665. The van der Waals surface area contributed by atoms with Crippen molar-refractivity contribution in [1.29, 1.82) is 0 Å². The second-order valence-corrected chi connectivity index (χ2v) is 5.07. The third kappa shape index (κ3) is 3.70. The van der Waals surface area contributed by atoms with Crippen molar-refractivity contribution in [1.82, 2.24) is 5.32 Å². The third-order valence-corrected chi connectivity index (χ3v) is 3.44. The van der Waals surface area contributed by atoms with Gasteiger partial charge in [-0.3, -0.25) is 10.1 Å². The Morgan fingerprint density at radius 3 is 2.45 bits per heavy atom. The van der Waals surface area contributed by atoms with E-state index in [-0.39, 0.29) is 5.69 Å². The number of halogens is 2. The van der Waals surface area contributed by atoms with Gasteiger partial charge < -0.3 is 5.32 Å². The summed E-state index contributed by atoms with van der Waals surface area (Å²) in [7, 11) is 0. The van der Waals surface area contributed by atoms with Crippen molar-refractivity contribution < 1.29 is 4.92 Å². The summed E-state index contributed by atoms with van der Waals surface area (Å²) in [5.41, 5.74) is 1.56. The molecule has 0 aliphatic rings. The molecule has 0 amide bonds. The van der Waals surface area contributed by atoms with Crippen LogP contribution >= 0.6 is 23.2 Å². The smallest absolute Gasteiger partial charge is 0.275 e. The Labute approximate surface area is 126 Å². The lowest BCUT2D eigenvalue weighted by Gasteiger charge is -2.07. The van der Waals surface area contributed by atoms with Crippen LogP contribution in [-0.4, -0.2) is 4.92 Å². The molecular formula is C14H12Cl2N2O2. The maximum Gasteiger partial charge on any atom is 0.275 e. The van der Waals surface area contributed by atoms with Crippen LogP contribution in [0.4, 0.5) is 5.69 Å². The fourth-order valence-corrected chi connectivity index (χ4v) is 2.20. The first-order valence-corrected chi connectivity index (χ1v) is 6.70. The minimum atomic E-state index is -0.432. The molecule has 4 nitrogen and oxygen atoms in total. The fourth-order valence-electron chi connectivity index (χ4n) is 1.83. The summed E-state index contributed by atoms with van der Waals surface area (Å²) in [6, 6.07) is 12.1. The summed E-state index contributed by atoms with van der Waals surface area (Å²) in [6.45, 7) is 0.915. The number of nitrogens with zero attached hydrogens (tertiary/aromatic N) is 1. The SMILES string of the molecule is O=[N+]([O-])c1cc(Cl)ccc1CNCc1ccccc1Cl. The van der Waals surface area contributed by atoms with Gasteiger partial charge in [-0.1, -0.05) is 41.4 Å². The lowest BCUT2D eigenvalue weighted by atomic mass is 10.1. The second-order valence-electron chi connectivity index (χ2n) is 4.23. The van der Waals surface area contributed by atoms with E-state index in [4.69, 9.17) is 23.2 Å². The molecule has 0 aliphatic heterocycles. The molecule has 0 unspecified atom stereocenters. The standard InChI is InChI=1S/C14H12Cl2N2O2/c15-12-6-5-11(14(7-12)18(19)20)9-17-8-10-3-1-2-4-13(10)16/h1-7,17H,8-9H2. The Bertz CT molecular complexity index is 632. The highest BCUT2D eigenvalue weighted by Gasteiger charge is 2.13. The maximum absolute atomic E-state index is 11.0. The van der Waals surface area contributed by atoms with Gasteiger partial charge in [0.15, 0.2) is 0 Å². The molecule has 2 aromatic rings. The van der Waals surface area contributed by atoms with E-state index in [1.165, 1.54) is 6.07 Å². The summed E-state index contributed by atoms with van der Waals surface area (Å²) >= 11 is 11.8. The summed E-state index contributed by atoms with van der Waals surface area (Å²) in [5.74, 6) is 0. The minimum absolute atomic E-state index is 0.0177. The summed E-state index contributed by atoms with van der Waals surface area (Å²) < 4.78 is 0. The Kier molecular flexibility index (Phi) is 4.95. The Balaban J connectivity index is 2.05. The zero-order valence-electron chi connectivity index (χ0n) is 10.5. The van der Waals surface area contributed by atoms with Gasteiger partial charge in [0, 0.05) is 34.8 Å². The molecule has 0 aliphatic carbocycles. The van der Waals surface area contributed by atoms with Gasteiger partial charge in [-0.25, -0.2) is 0 Å². The predicted octanol–water partition coefficient (Wildman–Crippen LogP) is 4.19. The first kappa shape index (κ1) is 14.8. The zero-order chi connectivity index (χ0) is 14.5. The van der Waals surface area contributed by atoms with E-state index in [0.29, 0.717) is 28.7 Å². The van der Waals surface area contributed by atoms with Crippen LogP contribution in [0.5, 0.6) is 0 Å². The Morgan fingerprint density at radius 1 is 1.05 bits per heavy atom. The molecular weight excluding hydrogens is 299 g/mol. The monoisotopic (exact) mass is 310 g/mol. The molecule has 6 heteroatoms. The number of rotatable bonds is 5. The van der Waals surface area contributed by atoms with Crippen molar-refractivity contribution in [3.8, 4) is 0 Å². The number of nitro benzene ring substituents is 1. The van der Waals surface area contributed by atoms with Gasteiger partial charge in [0.25, 0.3) is 5.69 Å².